The molecule has 0 aromatic carbocycles. The van der Waals surface area contributed by atoms with E-state index in [1.165, 1.54) is 6.20 Å². The van der Waals surface area contributed by atoms with E-state index < -0.39 is 4.92 Å². The zero-order valence-electron chi connectivity index (χ0n) is 8.85. The van der Waals surface area contributed by atoms with E-state index in [0.29, 0.717) is 11.7 Å². The van der Waals surface area contributed by atoms with Crippen LogP contribution in [0.2, 0.25) is 0 Å². The highest BCUT2D eigenvalue weighted by Crippen LogP contribution is 2.22. The molecule has 1 aromatic rings. The minimum Gasteiger partial charge on any atom is -0.375 e. The number of nitrogens with zero attached hydrogens (tertiary/aromatic N) is 2. The number of nitrogens with one attached hydrogen (secondary N) is 2. The fourth-order valence-corrected chi connectivity index (χ4v) is 1.84. The molecular weight excluding hydrogens is 208 g/mol. The minimum absolute atomic E-state index is 0.0963. The van der Waals surface area contributed by atoms with Crippen LogP contribution >= 0.6 is 0 Å². The monoisotopic (exact) mass is 222 g/mol. The Balaban J connectivity index is 2.10. The van der Waals surface area contributed by atoms with E-state index in [0.717, 1.165) is 25.9 Å². The second kappa shape index (κ2) is 4.89. The van der Waals surface area contributed by atoms with Crippen molar-refractivity contribution in [3.05, 3.63) is 28.4 Å². The topological polar surface area (TPSA) is 80.1 Å². The highest BCUT2D eigenvalue weighted by molar-refractivity contribution is 5.57. The highest BCUT2D eigenvalue weighted by Gasteiger charge is 2.19. The smallest absolute Gasteiger partial charge is 0.375 e. The molecule has 0 spiro atoms. The fourth-order valence-electron chi connectivity index (χ4n) is 1.84. The van der Waals surface area contributed by atoms with Gasteiger partial charge in [-0.3, -0.25) is 0 Å². The Bertz CT molecular complexity index is 377. The van der Waals surface area contributed by atoms with Gasteiger partial charge >= 0.3 is 5.82 Å². The van der Waals surface area contributed by atoms with Crippen LogP contribution in [0.25, 0.3) is 0 Å². The van der Waals surface area contributed by atoms with Gasteiger partial charge in [0.05, 0.1) is 0 Å². The van der Waals surface area contributed by atoms with Crippen LogP contribution in [0.1, 0.15) is 12.8 Å². The molecule has 1 aliphatic heterocycles. The van der Waals surface area contributed by atoms with Gasteiger partial charge in [-0.25, -0.2) is 0 Å². The summed E-state index contributed by atoms with van der Waals surface area (Å²) in [6.07, 6.45) is 3.39. The van der Waals surface area contributed by atoms with E-state index in [2.05, 4.69) is 15.6 Å². The number of anilines is 1. The van der Waals surface area contributed by atoms with E-state index in [1.54, 1.807) is 12.1 Å². The van der Waals surface area contributed by atoms with Gasteiger partial charge in [-0.05, 0) is 48.0 Å². The first-order valence-corrected chi connectivity index (χ1v) is 5.34. The molecule has 1 aliphatic rings. The zero-order chi connectivity index (χ0) is 11.4. The molecule has 6 nitrogen and oxygen atoms in total. The average molecular weight is 222 g/mol. The molecule has 0 radical (unpaired) electrons. The number of hydrogen-bond acceptors (Lipinski definition) is 5. The normalized spacial score (nSPS) is 17.0. The van der Waals surface area contributed by atoms with Crippen LogP contribution in [-0.4, -0.2) is 29.0 Å². The molecule has 2 rings (SSSR count). The Morgan fingerprint density at radius 3 is 2.94 bits per heavy atom. The fraction of sp³-hybridized carbons (Fsp3) is 0.500. The SMILES string of the molecule is O=[N+]([O-])c1ncccc1NC1CCNCC1. The number of piperidine rings is 1. The summed E-state index contributed by atoms with van der Waals surface area (Å²) in [4.78, 5) is 14.1. The average Bonchev–Trinajstić information content (AvgIpc) is 2.31. The van der Waals surface area contributed by atoms with E-state index in [1.807, 2.05) is 0 Å². The molecule has 0 amide bonds. The predicted molar refractivity (Wildman–Crippen MR) is 60.4 cm³/mol. The van der Waals surface area contributed by atoms with Gasteiger partial charge in [-0.2, -0.15) is 0 Å². The first kappa shape index (κ1) is 10.8. The molecule has 1 aromatic heterocycles. The Morgan fingerprint density at radius 2 is 2.25 bits per heavy atom. The van der Waals surface area contributed by atoms with Crippen molar-refractivity contribution in [2.24, 2.45) is 0 Å². The molecule has 0 saturated carbocycles. The van der Waals surface area contributed by atoms with Gasteiger partial charge in [0, 0.05) is 6.04 Å². The first-order chi connectivity index (χ1) is 7.77. The van der Waals surface area contributed by atoms with Crippen molar-refractivity contribution >= 4 is 11.5 Å². The molecule has 0 bridgehead atoms. The Hall–Kier alpha value is -1.69. The summed E-state index contributed by atoms with van der Waals surface area (Å²) in [5.74, 6) is -0.0963. The minimum atomic E-state index is -0.455. The number of rotatable bonds is 3. The van der Waals surface area contributed by atoms with Gasteiger partial charge in [-0.15, -0.1) is 0 Å². The number of nitro groups is 1. The standard InChI is InChI=1S/C10H14N4O2/c15-14(16)10-9(2-1-5-12-10)13-8-3-6-11-7-4-8/h1-2,5,8,11,13H,3-4,6-7H2. The molecule has 1 fully saturated rings. The first-order valence-electron chi connectivity index (χ1n) is 5.34. The second-order valence-electron chi connectivity index (χ2n) is 3.80. The van der Waals surface area contributed by atoms with Crippen molar-refractivity contribution in [1.82, 2.24) is 10.3 Å². The van der Waals surface area contributed by atoms with Gasteiger partial charge in [0.15, 0.2) is 0 Å². The number of aromatic nitrogens is 1. The third-order valence-electron chi connectivity index (χ3n) is 2.66. The maximum atomic E-state index is 10.8. The third-order valence-corrected chi connectivity index (χ3v) is 2.66. The van der Waals surface area contributed by atoms with Gasteiger partial charge in [0.2, 0.25) is 0 Å². The van der Waals surface area contributed by atoms with Crippen molar-refractivity contribution < 1.29 is 4.92 Å². The molecule has 2 N–H and O–H groups in total. The van der Waals surface area contributed by atoms with Crippen molar-refractivity contribution in [2.75, 3.05) is 18.4 Å². The molecule has 2 heterocycles. The number of hydrogen-bond donors (Lipinski definition) is 2. The second-order valence-corrected chi connectivity index (χ2v) is 3.80. The Morgan fingerprint density at radius 1 is 1.50 bits per heavy atom. The van der Waals surface area contributed by atoms with Crippen molar-refractivity contribution in [3.8, 4) is 0 Å². The molecule has 16 heavy (non-hydrogen) atoms. The molecule has 86 valence electrons. The van der Waals surface area contributed by atoms with E-state index in [-0.39, 0.29) is 5.82 Å². The maximum Gasteiger partial charge on any atom is 0.386 e. The lowest BCUT2D eigenvalue weighted by Crippen LogP contribution is -2.35. The molecule has 1 saturated heterocycles. The molecular formula is C10H14N4O2. The molecule has 0 atom stereocenters. The van der Waals surface area contributed by atoms with Crippen molar-refractivity contribution in [1.29, 1.82) is 0 Å². The summed E-state index contributed by atoms with van der Waals surface area (Å²) in [7, 11) is 0. The highest BCUT2D eigenvalue weighted by atomic mass is 16.6. The summed E-state index contributed by atoms with van der Waals surface area (Å²) in [5.41, 5.74) is 0.513. The van der Waals surface area contributed by atoms with Gasteiger partial charge < -0.3 is 20.7 Å². The zero-order valence-corrected chi connectivity index (χ0v) is 8.85. The van der Waals surface area contributed by atoms with Gasteiger partial charge in [0.1, 0.15) is 11.9 Å². The lowest BCUT2D eigenvalue weighted by atomic mass is 10.1. The summed E-state index contributed by atoms with van der Waals surface area (Å²) < 4.78 is 0. The summed E-state index contributed by atoms with van der Waals surface area (Å²) >= 11 is 0. The number of pyridine rings is 1. The van der Waals surface area contributed by atoms with Crippen molar-refractivity contribution in [3.63, 3.8) is 0 Å². The van der Waals surface area contributed by atoms with Crippen LogP contribution in [-0.2, 0) is 0 Å². The largest absolute Gasteiger partial charge is 0.386 e. The van der Waals surface area contributed by atoms with E-state index in [9.17, 15) is 10.1 Å². The van der Waals surface area contributed by atoms with Gasteiger partial charge in [0.25, 0.3) is 0 Å². The van der Waals surface area contributed by atoms with Crippen LogP contribution in [0.15, 0.2) is 18.3 Å². The Kier molecular flexibility index (Phi) is 3.31. The molecule has 0 unspecified atom stereocenters. The quantitative estimate of drug-likeness (QED) is 0.592. The Labute approximate surface area is 93.2 Å². The third kappa shape index (κ3) is 2.46. The van der Waals surface area contributed by atoms with Crippen LogP contribution in [0, 0.1) is 10.1 Å². The molecule has 0 aliphatic carbocycles. The summed E-state index contributed by atoms with van der Waals surface area (Å²) in [6.45, 7) is 1.90. The maximum absolute atomic E-state index is 10.8. The van der Waals surface area contributed by atoms with Crippen LogP contribution in [0.5, 0.6) is 0 Å². The lowest BCUT2D eigenvalue weighted by molar-refractivity contribution is -0.388. The van der Waals surface area contributed by atoms with Crippen LogP contribution < -0.4 is 10.6 Å². The van der Waals surface area contributed by atoms with Crippen molar-refractivity contribution in [2.45, 2.75) is 18.9 Å². The summed E-state index contributed by atoms with van der Waals surface area (Å²) in [5, 5.41) is 17.2. The lowest BCUT2D eigenvalue weighted by Gasteiger charge is -2.24. The summed E-state index contributed by atoms with van der Waals surface area (Å²) in [6, 6.07) is 3.70. The van der Waals surface area contributed by atoms with E-state index >= 15 is 0 Å². The van der Waals surface area contributed by atoms with Crippen LogP contribution in [0.3, 0.4) is 0 Å². The predicted octanol–water partition coefficient (Wildman–Crippen LogP) is 1.15. The van der Waals surface area contributed by atoms with Gasteiger partial charge in [-0.1, -0.05) is 0 Å². The molecule has 6 heteroatoms. The van der Waals surface area contributed by atoms with E-state index in [4.69, 9.17) is 0 Å². The van der Waals surface area contributed by atoms with Crippen LogP contribution in [0.4, 0.5) is 11.5 Å².